The van der Waals surface area contributed by atoms with Crippen LogP contribution in [0.1, 0.15) is 17.1 Å². The van der Waals surface area contributed by atoms with Gasteiger partial charge >= 0.3 is 0 Å². The van der Waals surface area contributed by atoms with Gasteiger partial charge in [-0.05, 0) is 36.8 Å². The van der Waals surface area contributed by atoms with Gasteiger partial charge in [-0.25, -0.2) is 8.42 Å². The number of benzene rings is 1. The van der Waals surface area contributed by atoms with Gasteiger partial charge in [0, 0.05) is 6.26 Å². The van der Waals surface area contributed by atoms with E-state index in [1.54, 1.807) is 12.1 Å². The third-order valence-electron chi connectivity index (χ3n) is 2.87. The van der Waals surface area contributed by atoms with Crippen molar-refractivity contribution >= 4 is 9.84 Å². The molecule has 0 amide bonds. The molecule has 0 spiro atoms. The van der Waals surface area contributed by atoms with Crippen LogP contribution in [0.2, 0.25) is 0 Å². The highest BCUT2D eigenvalue weighted by atomic mass is 32.2. The Morgan fingerprint density at radius 3 is 2.65 bits per heavy atom. The van der Waals surface area contributed by atoms with Crippen LogP contribution >= 0.6 is 0 Å². The minimum absolute atomic E-state index is 0.230. The summed E-state index contributed by atoms with van der Waals surface area (Å²) in [5.74, 6) is 1.87. The number of hydrogen-bond acceptors (Lipinski definition) is 5. The number of ether oxygens (including phenoxy) is 1. The molecule has 1 heterocycles. The monoisotopic (exact) mass is 295 g/mol. The molecule has 6 heteroatoms. The van der Waals surface area contributed by atoms with Gasteiger partial charge in [-0.2, -0.15) is 0 Å². The molecular formula is C14H17NO4S. The largest absolute Gasteiger partial charge is 0.486 e. The zero-order chi connectivity index (χ0) is 14.8. The molecule has 0 atom stereocenters. The SMILES string of the molecule is Cc1cc(COc2cccc(S(C)(=O)=O)c2)oc1CN. The first-order valence-corrected chi connectivity index (χ1v) is 8.00. The molecule has 5 nitrogen and oxygen atoms in total. The van der Waals surface area contributed by atoms with Crippen LogP contribution in [0.25, 0.3) is 0 Å². The first kappa shape index (κ1) is 14.6. The van der Waals surface area contributed by atoms with Crippen LogP contribution in [-0.2, 0) is 23.0 Å². The minimum atomic E-state index is -3.23. The topological polar surface area (TPSA) is 82.5 Å². The molecule has 2 aromatic rings. The summed E-state index contributed by atoms with van der Waals surface area (Å²) < 4.78 is 34.0. The summed E-state index contributed by atoms with van der Waals surface area (Å²) in [6, 6.07) is 8.24. The van der Waals surface area contributed by atoms with Crippen molar-refractivity contribution in [3.05, 3.63) is 47.4 Å². The summed E-state index contributed by atoms with van der Waals surface area (Å²) in [6.07, 6.45) is 1.16. The van der Waals surface area contributed by atoms with Crippen molar-refractivity contribution in [3.8, 4) is 5.75 Å². The predicted octanol–water partition coefficient (Wildman–Crippen LogP) is 2.03. The molecule has 2 rings (SSSR count). The Morgan fingerprint density at radius 1 is 1.30 bits per heavy atom. The lowest BCUT2D eigenvalue weighted by Crippen LogP contribution is -1.99. The fourth-order valence-electron chi connectivity index (χ4n) is 1.81. The zero-order valence-electron chi connectivity index (χ0n) is 11.4. The maximum atomic E-state index is 11.5. The molecule has 0 aliphatic heterocycles. The van der Waals surface area contributed by atoms with Crippen LogP contribution in [0.15, 0.2) is 39.6 Å². The maximum absolute atomic E-state index is 11.5. The van der Waals surface area contributed by atoms with Crippen molar-refractivity contribution in [2.75, 3.05) is 6.26 Å². The quantitative estimate of drug-likeness (QED) is 0.912. The Kier molecular flexibility index (Phi) is 4.15. The van der Waals surface area contributed by atoms with Crippen molar-refractivity contribution < 1.29 is 17.6 Å². The van der Waals surface area contributed by atoms with Crippen LogP contribution in [0.4, 0.5) is 0 Å². The second-order valence-electron chi connectivity index (χ2n) is 4.56. The third-order valence-corrected chi connectivity index (χ3v) is 3.98. The number of hydrogen-bond donors (Lipinski definition) is 1. The van der Waals surface area contributed by atoms with E-state index >= 15 is 0 Å². The molecule has 0 saturated carbocycles. The van der Waals surface area contributed by atoms with E-state index in [1.807, 2.05) is 13.0 Å². The lowest BCUT2D eigenvalue weighted by atomic mass is 10.2. The molecule has 0 saturated heterocycles. The molecule has 108 valence electrons. The molecule has 0 aliphatic rings. The Morgan fingerprint density at radius 2 is 2.05 bits per heavy atom. The van der Waals surface area contributed by atoms with E-state index in [0.717, 1.165) is 17.6 Å². The van der Waals surface area contributed by atoms with E-state index in [4.69, 9.17) is 14.9 Å². The fraction of sp³-hybridized carbons (Fsp3) is 0.286. The van der Waals surface area contributed by atoms with Crippen molar-refractivity contribution in [2.45, 2.75) is 25.0 Å². The molecule has 2 N–H and O–H groups in total. The van der Waals surface area contributed by atoms with E-state index < -0.39 is 9.84 Å². The average Bonchev–Trinajstić information content (AvgIpc) is 2.76. The summed E-state index contributed by atoms with van der Waals surface area (Å²) in [5, 5.41) is 0. The Balaban J connectivity index is 2.11. The summed E-state index contributed by atoms with van der Waals surface area (Å²) in [7, 11) is -3.23. The van der Waals surface area contributed by atoms with E-state index in [9.17, 15) is 8.42 Å². The second kappa shape index (κ2) is 5.68. The van der Waals surface area contributed by atoms with E-state index in [-0.39, 0.29) is 11.5 Å². The number of sulfone groups is 1. The smallest absolute Gasteiger partial charge is 0.175 e. The van der Waals surface area contributed by atoms with Crippen LogP contribution in [0, 0.1) is 6.92 Å². The van der Waals surface area contributed by atoms with Crippen molar-refractivity contribution in [2.24, 2.45) is 5.73 Å². The normalized spacial score (nSPS) is 11.6. The first-order chi connectivity index (χ1) is 9.40. The van der Waals surface area contributed by atoms with E-state index in [0.29, 0.717) is 18.1 Å². The van der Waals surface area contributed by atoms with Crippen molar-refractivity contribution in [3.63, 3.8) is 0 Å². The highest BCUT2D eigenvalue weighted by molar-refractivity contribution is 7.90. The van der Waals surface area contributed by atoms with Gasteiger partial charge in [0.05, 0.1) is 11.4 Å². The second-order valence-corrected chi connectivity index (χ2v) is 6.57. The summed E-state index contributed by atoms with van der Waals surface area (Å²) >= 11 is 0. The molecule has 0 radical (unpaired) electrons. The lowest BCUT2D eigenvalue weighted by molar-refractivity contribution is 0.265. The molecule has 0 unspecified atom stereocenters. The van der Waals surface area contributed by atoms with Crippen LogP contribution in [0.3, 0.4) is 0 Å². The Labute approximate surface area is 118 Å². The van der Waals surface area contributed by atoms with Gasteiger partial charge in [0.25, 0.3) is 0 Å². The fourth-order valence-corrected chi connectivity index (χ4v) is 2.47. The van der Waals surface area contributed by atoms with Crippen molar-refractivity contribution in [1.82, 2.24) is 0 Å². The van der Waals surface area contributed by atoms with Gasteiger partial charge in [0.2, 0.25) is 0 Å². The minimum Gasteiger partial charge on any atom is -0.486 e. The number of aryl methyl sites for hydroxylation is 1. The van der Waals surface area contributed by atoms with Gasteiger partial charge < -0.3 is 14.9 Å². The van der Waals surface area contributed by atoms with Gasteiger partial charge in [-0.1, -0.05) is 6.07 Å². The number of rotatable bonds is 5. The highest BCUT2D eigenvalue weighted by Crippen LogP contribution is 2.20. The Bertz CT molecular complexity index is 704. The predicted molar refractivity (Wildman–Crippen MR) is 75.2 cm³/mol. The molecule has 20 heavy (non-hydrogen) atoms. The lowest BCUT2D eigenvalue weighted by Gasteiger charge is -2.05. The van der Waals surface area contributed by atoms with Gasteiger partial charge in [-0.3, -0.25) is 0 Å². The van der Waals surface area contributed by atoms with Gasteiger partial charge in [0.15, 0.2) is 9.84 Å². The number of nitrogens with two attached hydrogens (primary N) is 1. The maximum Gasteiger partial charge on any atom is 0.175 e. The van der Waals surface area contributed by atoms with Crippen LogP contribution in [0.5, 0.6) is 5.75 Å². The summed E-state index contributed by atoms with van der Waals surface area (Å²) in [4.78, 5) is 0.230. The third kappa shape index (κ3) is 3.40. The number of furan rings is 1. The summed E-state index contributed by atoms with van der Waals surface area (Å²) in [6.45, 7) is 2.49. The average molecular weight is 295 g/mol. The van der Waals surface area contributed by atoms with Gasteiger partial charge in [0.1, 0.15) is 23.9 Å². The van der Waals surface area contributed by atoms with Gasteiger partial charge in [-0.15, -0.1) is 0 Å². The van der Waals surface area contributed by atoms with Crippen LogP contribution in [-0.4, -0.2) is 14.7 Å². The standard InChI is InChI=1S/C14H17NO4S/c1-10-6-12(19-14(10)8-15)9-18-11-4-3-5-13(7-11)20(2,16)17/h3-7H,8-9,15H2,1-2H3. The van der Waals surface area contributed by atoms with E-state index in [2.05, 4.69) is 0 Å². The van der Waals surface area contributed by atoms with Crippen molar-refractivity contribution in [1.29, 1.82) is 0 Å². The molecule has 0 aliphatic carbocycles. The first-order valence-electron chi connectivity index (χ1n) is 6.11. The van der Waals surface area contributed by atoms with E-state index in [1.165, 1.54) is 12.1 Å². The molecule has 0 fully saturated rings. The molecular weight excluding hydrogens is 278 g/mol. The Hall–Kier alpha value is -1.79. The molecule has 1 aromatic carbocycles. The summed E-state index contributed by atoms with van der Waals surface area (Å²) in [5.41, 5.74) is 6.52. The molecule has 0 bridgehead atoms. The highest BCUT2D eigenvalue weighted by Gasteiger charge is 2.09. The van der Waals surface area contributed by atoms with Crippen LogP contribution < -0.4 is 10.5 Å². The molecule has 1 aromatic heterocycles. The zero-order valence-corrected chi connectivity index (χ0v) is 12.2.